The van der Waals surface area contributed by atoms with E-state index >= 15 is 0 Å². The summed E-state index contributed by atoms with van der Waals surface area (Å²) in [5.74, 6) is 1.86. The van der Waals surface area contributed by atoms with Crippen LogP contribution in [0, 0.1) is 0 Å². The van der Waals surface area contributed by atoms with Gasteiger partial charge in [-0.1, -0.05) is 32.9 Å². The van der Waals surface area contributed by atoms with Gasteiger partial charge >= 0.3 is 0 Å². The van der Waals surface area contributed by atoms with Gasteiger partial charge in [-0.05, 0) is 35.6 Å². The number of ether oxygens (including phenoxy) is 1. The standard InChI is InChI=1S/C15H25NOS/c1-15(2,3)13-5-6-14(17-4)12(11-13)7-8-16-9-10-18/h5-6,11,16,18H,7-10H2,1-4H3. The molecule has 18 heavy (non-hydrogen) atoms. The van der Waals surface area contributed by atoms with Crippen molar-refractivity contribution in [2.24, 2.45) is 0 Å². The molecule has 0 unspecified atom stereocenters. The molecule has 0 atom stereocenters. The zero-order chi connectivity index (χ0) is 13.6. The van der Waals surface area contributed by atoms with E-state index in [0.717, 1.165) is 31.0 Å². The molecule has 0 aliphatic rings. The molecule has 1 rings (SSSR count). The van der Waals surface area contributed by atoms with E-state index in [4.69, 9.17) is 4.74 Å². The van der Waals surface area contributed by atoms with Gasteiger partial charge in [0.1, 0.15) is 5.75 Å². The van der Waals surface area contributed by atoms with Gasteiger partial charge in [0.25, 0.3) is 0 Å². The van der Waals surface area contributed by atoms with Gasteiger partial charge < -0.3 is 10.1 Å². The highest BCUT2D eigenvalue weighted by atomic mass is 32.1. The summed E-state index contributed by atoms with van der Waals surface area (Å²) in [6.45, 7) is 8.61. The second kappa shape index (κ2) is 7.05. The molecule has 1 aromatic carbocycles. The maximum Gasteiger partial charge on any atom is 0.122 e. The van der Waals surface area contributed by atoms with Gasteiger partial charge in [0.05, 0.1) is 7.11 Å². The van der Waals surface area contributed by atoms with E-state index in [1.807, 2.05) is 0 Å². The van der Waals surface area contributed by atoms with Gasteiger partial charge in [-0.15, -0.1) is 0 Å². The Kier molecular flexibility index (Phi) is 6.03. The van der Waals surface area contributed by atoms with Crippen LogP contribution in [0.1, 0.15) is 31.9 Å². The van der Waals surface area contributed by atoms with Crippen LogP contribution in [0.4, 0.5) is 0 Å². The summed E-state index contributed by atoms with van der Waals surface area (Å²) in [4.78, 5) is 0. The highest BCUT2D eigenvalue weighted by Crippen LogP contribution is 2.28. The fourth-order valence-electron chi connectivity index (χ4n) is 1.87. The highest BCUT2D eigenvalue weighted by molar-refractivity contribution is 7.80. The van der Waals surface area contributed by atoms with Gasteiger partial charge in [-0.25, -0.2) is 0 Å². The van der Waals surface area contributed by atoms with Crippen molar-refractivity contribution in [3.05, 3.63) is 29.3 Å². The Hall–Kier alpha value is -0.670. The second-order valence-electron chi connectivity index (χ2n) is 5.50. The van der Waals surface area contributed by atoms with Crippen LogP contribution >= 0.6 is 12.6 Å². The van der Waals surface area contributed by atoms with E-state index in [1.54, 1.807) is 7.11 Å². The average molecular weight is 267 g/mol. The Morgan fingerprint density at radius 2 is 1.94 bits per heavy atom. The molecule has 0 bridgehead atoms. The lowest BCUT2D eigenvalue weighted by molar-refractivity contribution is 0.408. The molecule has 0 aromatic heterocycles. The van der Waals surface area contributed by atoms with Crippen molar-refractivity contribution in [3.8, 4) is 5.75 Å². The molecule has 1 N–H and O–H groups in total. The van der Waals surface area contributed by atoms with Gasteiger partial charge in [-0.3, -0.25) is 0 Å². The summed E-state index contributed by atoms with van der Waals surface area (Å²) in [5.41, 5.74) is 2.81. The van der Waals surface area contributed by atoms with Crippen molar-refractivity contribution in [1.82, 2.24) is 5.32 Å². The fraction of sp³-hybridized carbons (Fsp3) is 0.600. The zero-order valence-electron chi connectivity index (χ0n) is 11.9. The number of hydrogen-bond donors (Lipinski definition) is 2. The highest BCUT2D eigenvalue weighted by Gasteiger charge is 2.15. The Morgan fingerprint density at radius 3 is 2.50 bits per heavy atom. The normalized spacial score (nSPS) is 11.6. The Labute approximate surface area is 117 Å². The third-order valence-corrected chi connectivity index (χ3v) is 3.23. The van der Waals surface area contributed by atoms with E-state index in [1.165, 1.54) is 11.1 Å². The average Bonchev–Trinajstić information content (AvgIpc) is 2.33. The number of hydrogen-bond acceptors (Lipinski definition) is 3. The number of thiol groups is 1. The van der Waals surface area contributed by atoms with Crippen molar-refractivity contribution >= 4 is 12.6 Å². The van der Waals surface area contributed by atoms with Crippen LogP contribution in [-0.4, -0.2) is 26.0 Å². The Morgan fingerprint density at radius 1 is 1.22 bits per heavy atom. The lowest BCUT2D eigenvalue weighted by Gasteiger charge is -2.21. The van der Waals surface area contributed by atoms with E-state index in [9.17, 15) is 0 Å². The lowest BCUT2D eigenvalue weighted by atomic mass is 9.85. The molecule has 0 heterocycles. The Balaban J connectivity index is 2.79. The molecule has 1 aromatic rings. The predicted octanol–water partition coefficient (Wildman–Crippen LogP) is 3.05. The van der Waals surface area contributed by atoms with E-state index in [2.05, 4.69) is 56.9 Å². The zero-order valence-corrected chi connectivity index (χ0v) is 12.8. The molecule has 0 radical (unpaired) electrons. The molecule has 0 spiro atoms. The minimum Gasteiger partial charge on any atom is -0.496 e. The second-order valence-corrected chi connectivity index (χ2v) is 5.95. The van der Waals surface area contributed by atoms with E-state index in [-0.39, 0.29) is 5.41 Å². The smallest absolute Gasteiger partial charge is 0.122 e. The van der Waals surface area contributed by atoms with E-state index < -0.39 is 0 Å². The number of benzene rings is 1. The topological polar surface area (TPSA) is 21.3 Å². The van der Waals surface area contributed by atoms with Crippen molar-refractivity contribution in [1.29, 1.82) is 0 Å². The molecule has 0 aliphatic carbocycles. The first kappa shape index (κ1) is 15.4. The molecule has 2 nitrogen and oxygen atoms in total. The van der Waals surface area contributed by atoms with Crippen LogP contribution in [0.2, 0.25) is 0 Å². The van der Waals surface area contributed by atoms with Gasteiger partial charge in [0, 0.05) is 12.3 Å². The maximum atomic E-state index is 5.43. The van der Waals surface area contributed by atoms with Crippen LogP contribution in [0.25, 0.3) is 0 Å². The molecule has 0 amide bonds. The summed E-state index contributed by atoms with van der Waals surface area (Å²) < 4.78 is 5.43. The summed E-state index contributed by atoms with van der Waals surface area (Å²) in [7, 11) is 1.73. The first-order chi connectivity index (χ1) is 8.49. The van der Waals surface area contributed by atoms with Crippen LogP contribution in [0.15, 0.2) is 18.2 Å². The summed E-state index contributed by atoms with van der Waals surface area (Å²) in [6, 6.07) is 6.50. The van der Waals surface area contributed by atoms with Crippen molar-refractivity contribution in [2.45, 2.75) is 32.6 Å². The third kappa shape index (κ3) is 4.54. The molecule has 0 saturated carbocycles. The van der Waals surface area contributed by atoms with Gasteiger partial charge in [-0.2, -0.15) is 12.6 Å². The number of rotatable bonds is 6. The largest absolute Gasteiger partial charge is 0.496 e. The monoisotopic (exact) mass is 267 g/mol. The minimum atomic E-state index is 0.180. The summed E-state index contributed by atoms with van der Waals surface area (Å²) >= 11 is 4.19. The first-order valence-electron chi connectivity index (χ1n) is 6.48. The summed E-state index contributed by atoms with van der Waals surface area (Å²) in [5, 5.41) is 3.36. The molecule has 0 saturated heterocycles. The van der Waals surface area contributed by atoms with Gasteiger partial charge in [0.2, 0.25) is 0 Å². The predicted molar refractivity (Wildman–Crippen MR) is 82.1 cm³/mol. The lowest BCUT2D eigenvalue weighted by Crippen LogP contribution is -2.20. The van der Waals surface area contributed by atoms with Crippen LogP contribution < -0.4 is 10.1 Å². The SMILES string of the molecule is COc1ccc(C(C)(C)C)cc1CCNCCS. The molecular formula is C15H25NOS. The first-order valence-corrected chi connectivity index (χ1v) is 7.11. The molecular weight excluding hydrogens is 242 g/mol. The molecule has 3 heteroatoms. The van der Waals surface area contributed by atoms with E-state index in [0.29, 0.717) is 0 Å². The molecule has 0 fully saturated rings. The van der Waals surface area contributed by atoms with Gasteiger partial charge in [0.15, 0.2) is 0 Å². The Bertz CT molecular complexity index is 371. The third-order valence-electron chi connectivity index (χ3n) is 3.01. The van der Waals surface area contributed by atoms with Crippen LogP contribution in [0.3, 0.4) is 0 Å². The van der Waals surface area contributed by atoms with Crippen molar-refractivity contribution in [2.75, 3.05) is 26.0 Å². The quantitative estimate of drug-likeness (QED) is 0.610. The van der Waals surface area contributed by atoms with Crippen molar-refractivity contribution < 1.29 is 4.74 Å². The maximum absolute atomic E-state index is 5.43. The molecule has 102 valence electrons. The fourth-order valence-corrected chi connectivity index (χ4v) is 2.03. The summed E-state index contributed by atoms with van der Waals surface area (Å²) in [6.07, 6.45) is 0.987. The van der Waals surface area contributed by atoms with Crippen molar-refractivity contribution in [3.63, 3.8) is 0 Å². The number of methoxy groups -OCH3 is 1. The molecule has 0 aliphatic heterocycles. The van der Waals surface area contributed by atoms with Crippen LogP contribution in [-0.2, 0) is 11.8 Å². The minimum absolute atomic E-state index is 0.180. The van der Waals surface area contributed by atoms with Crippen LogP contribution in [0.5, 0.6) is 5.75 Å². The number of nitrogens with one attached hydrogen (secondary N) is 1.